The summed E-state index contributed by atoms with van der Waals surface area (Å²) in [6.07, 6.45) is 0. The molecule has 0 bridgehead atoms. The van der Waals surface area contributed by atoms with E-state index < -0.39 is 0 Å². The molecule has 4 N–H and O–H groups in total. The number of nitriles is 2. The minimum absolute atomic E-state index is 0.0140. The standard InChI is InChI=1S/C24H21N5O4S/c1-31-18-9-14(10-19(32-2)22(18)33-3)21-16(11-25)23(27)29-24(17(21)12-26)34-13-20(30)28-15-7-5-4-6-8-15/h4-10H,13H2,1-3H3,(H2,27,29)(H,28,30)/p+1. The maximum absolute atomic E-state index is 12.4. The number of amides is 1. The Morgan fingerprint density at radius 1 is 1.03 bits per heavy atom. The zero-order valence-corrected chi connectivity index (χ0v) is 19.6. The van der Waals surface area contributed by atoms with E-state index in [1.54, 1.807) is 24.3 Å². The summed E-state index contributed by atoms with van der Waals surface area (Å²) < 4.78 is 16.2. The summed E-state index contributed by atoms with van der Waals surface area (Å²) in [5.41, 5.74) is 7.81. The number of aromatic amines is 1. The van der Waals surface area contributed by atoms with Crippen molar-refractivity contribution in [2.45, 2.75) is 5.03 Å². The van der Waals surface area contributed by atoms with Gasteiger partial charge in [0.05, 0.1) is 27.1 Å². The van der Waals surface area contributed by atoms with Crippen LogP contribution in [0.4, 0.5) is 11.5 Å². The van der Waals surface area contributed by atoms with E-state index in [0.717, 1.165) is 11.8 Å². The van der Waals surface area contributed by atoms with E-state index in [1.165, 1.54) is 21.3 Å². The average molecular weight is 477 g/mol. The van der Waals surface area contributed by atoms with Crippen LogP contribution in [0.5, 0.6) is 17.2 Å². The molecule has 0 aliphatic carbocycles. The van der Waals surface area contributed by atoms with Crippen molar-refractivity contribution >= 4 is 29.2 Å². The normalized spacial score (nSPS) is 10.0. The van der Waals surface area contributed by atoms with Crippen LogP contribution in [0.15, 0.2) is 47.5 Å². The zero-order valence-electron chi connectivity index (χ0n) is 18.8. The Morgan fingerprint density at radius 2 is 1.65 bits per heavy atom. The zero-order chi connectivity index (χ0) is 24.7. The van der Waals surface area contributed by atoms with E-state index in [-0.39, 0.29) is 28.6 Å². The Bertz CT molecular complexity index is 1270. The molecule has 0 aliphatic rings. The highest BCUT2D eigenvalue weighted by molar-refractivity contribution is 7.99. The first-order chi connectivity index (χ1) is 16.5. The van der Waals surface area contributed by atoms with Crippen LogP contribution >= 0.6 is 11.8 Å². The van der Waals surface area contributed by atoms with E-state index in [9.17, 15) is 15.3 Å². The molecule has 9 nitrogen and oxygen atoms in total. The molecule has 0 unspecified atom stereocenters. The summed E-state index contributed by atoms with van der Waals surface area (Å²) >= 11 is 1.10. The van der Waals surface area contributed by atoms with Crippen molar-refractivity contribution in [2.24, 2.45) is 0 Å². The molecule has 10 heteroatoms. The van der Waals surface area contributed by atoms with Crippen molar-refractivity contribution < 1.29 is 24.0 Å². The average Bonchev–Trinajstić information content (AvgIpc) is 2.86. The summed E-state index contributed by atoms with van der Waals surface area (Å²) in [5, 5.41) is 22.9. The minimum Gasteiger partial charge on any atom is -0.493 e. The first-order valence-corrected chi connectivity index (χ1v) is 10.9. The highest BCUT2D eigenvalue weighted by Crippen LogP contribution is 2.43. The highest BCUT2D eigenvalue weighted by atomic mass is 32.2. The molecule has 0 fully saturated rings. The molecule has 0 spiro atoms. The van der Waals surface area contributed by atoms with Gasteiger partial charge in [-0.05, 0) is 29.8 Å². The van der Waals surface area contributed by atoms with Crippen molar-refractivity contribution in [3.05, 3.63) is 53.6 Å². The van der Waals surface area contributed by atoms with Gasteiger partial charge in [-0.3, -0.25) is 10.5 Å². The van der Waals surface area contributed by atoms with Gasteiger partial charge >= 0.3 is 0 Å². The number of H-pyrrole nitrogens is 1. The van der Waals surface area contributed by atoms with Gasteiger partial charge in [-0.1, -0.05) is 30.0 Å². The number of ether oxygens (including phenoxy) is 3. The predicted molar refractivity (Wildman–Crippen MR) is 128 cm³/mol. The topological polar surface area (TPSA) is 145 Å². The fourth-order valence-corrected chi connectivity index (χ4v) is 4.14. The van der Waals surface area contributed by atoms with E-state index in [4.69, 9.17) is 19.9 Å². The lowest BCUT2D eigenvalue weighted by Gasteiger charge is -2.16. The second kappa shape index (κ2) is 10.9. The molecule has 3 rings (SSSR count). The van der Waals surface area contributed by atoms with Crippen molar-refractivity contribution in [3.63, 3.8) is 0 Å². The molecule has 1 amide bonds. The molecule has 2 aromatic carbocycles. The van der Waals surface area contributed by atoms with Gasteiger partial charge in [0.25, 0.3) is 5.82 Å². The third kappa shape index (κ3) is 4.98. The number of hydrogen-bond donors (Lipinski definition) is 2. The Balaban J connectivity index is 2.06. The minimum atomic E-state index is -0.259. The van der Waals surface area contributed by atoms with E-state index in [0.29, 0.717) is 39.1 Å². The van der Waals surface area contributed by atoms with E-state index >= 15 is 0 Å². The third-order valence-electron chi connectivity index (χ3n) is 4.83. The van der Waals surface area contributed by atoms with Crippen molar-refractivity contribution in [1.82, 2.24) is 0 Å². The summed E-state index contributed by atoms with van der Waals surface area (Å²) in [6.45, 7) is 0. The Hall–Kier alpha value is -4.41. The number of pyridine rings is 1. The smallest absolute Gasteiger partial charge is 0.289 e. The Kier molecular flexibility index (Phi) is 7.80. The molecule has 0 saturated carbocycles. The fourth-order valence-electron chi connectivity index (χ4n) is 3.32. The number of nitrogens with zero attached hydrogens (tertiary/aromatic N) is 2. The van der Waals surface area contributed by atoms with Crippen LogP contribution in [0.1, 0.15) is 11.1 Å². The molecule has 34 heavy (non-hydrogen) atoms. The molecule has 0 aliphatic heterocycles. The highest BCUT2D eigenvalue weighted by Gasteiger charge is 2.26. The third-order valence-corrected chi connectivity index (χ3v) is 5.83. The summed E-state index contributed by atoms with van der Waals surface area (Å²) in [7, 11) is 4.42. The monoisotopic (exact) mass is 476 g/mol. The maximum Gasteiger partial charge on any atom is 0.289 e. The van der Waals surface area contributed by atoms with E-state index in [2.05, 4.69) is 22.4 Å². The number of nitrogens with two attached hydrogens (primary N) is 1. The lowest BCUT2D eigenvalue weighted by Crippen LogP contribution is -2.21. The van der Waals surface area contributed by atoms with Gasteiger partial charge in [-0.25, -0.2) is 4.98 Å². The molecule has 0 saturated heterocycles. The lowest BCUT2D eigenvalue weighted by molar-refractivity contribution is -0.410. The van der Waals surface area contributed by atoms with Gasteiger partial charge in [-0.2, -0.15) is 10.5 Å². The Labute approximate surface area is 201 Å². The van der Waals surface area contributed by atoms with Crippen LogP contribution in [0.2, 0.25) is 0 Å². The van der Waals surface area contributed by atoms with Gasteiger partial charge in [0.15, 0.2) is 16.5 Å². The number of nitrogens with one attached hydrogen (secondary N) is 2. The second-order valence-electron chi connectivity index (χ2n) is 6.83. The molecule has 1 aromatic heterocycles. The Morgan fingerprint density at radius 3 is 2.18 bits per heavy atom. The van der Waals surface area contributed by atoms with Gasteiger partial charge in [0, 0.05) is 11.3 Å². The molecule has 1 heterocycles. The van der Waals surface area contributed by atoms with Gasteiger partial charge in [0.1, 0.15) is 23.3 Å². The number of nitrogen functional groups attached to an aromatic ring is 1. The summed E-state index contributed by atoms with van der Waals surface area (Å²) in [5.74, 6) is 0.899. The molecule has 0 atom stereocenters. The number of carbonyl (C=O) groups is 1. The predicted octanol–water partition coefficient (Wildman–Crippen LogP) is 3.25. The van der Waals surface area contributed by atoms with Crippen molar-refractivity contribution in [3.8, 4) is 40.5 Å². The van der Waals surface area contributed by atoms with Gasteiger partial charge in [0.2, 0.25) is 11.7 Å². The van der Waals surface area contributed by atoms with Gasteiger partial charge < -0.3 is 19.5 Å². The molecule has 172 valence electrons. The number of methoxy groups -OCH3 is 3. The molecule has 3 aromatic rings. The quantitative estimate of drug-likeness (QED) is 0.471. The largest absolute Gasteiger partial charge is 0.493 e. The molecular formula is C24H22N5O4S+. The van der Waals surface area contributed by atoms with E-state index in [1.807, 2.05) is 18.2 Å². The van der Waals surface area contributed by atoms with Gasteiger partial charge in [-0.15, -0.1) is 0 Å². The van der Waals surface area contributed by atoms with Crippen LogP contribution in [0.3, 0.4) is 0 Å². The lowest BCUT2D eigenvalue weighted by atomic mass is 9.96. The first kappa shape index (κ1) is 24.2. The number of aromatic nitrogens is 1. The number of carbonyl (C=O) groups excluding carboxylic acids is 1. The number of rotatable bonds is 8. The maximum atomic E-state index is 12.4. The van der Waals surface area contributed by atoms with Crippen LogP contribution in [0, 0.1) is 22.7 Å². The molecule has 0 radical (unpaired) electrons. The summed E-state index contributed by atoms with van der Waals surface area (Å²) in [6, 6.07) is 16.5. The summed E-state index contributed by atoms with van der Waals surface area (Å²) in [4.78, 5) is 15.3. The number of hydrogen-bond acceptors (Lipinski definition) is 8. The SMILES string of the molecule is COc1cc(-c2c(C#N)c(N)[nH+]c(SCC(=O)Nc3ccccc3)c2C#N)cc(OC)c1OC. The number of benzene rings is 2. The second-order valence-corrected chi connectivity index (χ2v) is 7.82. The fraction of sp³-hybridized carbons (Fsp3) is 0.167. The molecular weight excluding hydrogens is 454 g/mol. The van der Waals surface area contributed by atoms with Crippen LogP contribution in [-0.4, -0.2) is 33.0 Å². The first-order valence-electron chi connectivity index (χ1n) is 9.94. The number of anilines is 2. The van der Waals surface area contributed by atoms with Crippen LogP contribution in [-0.2, 0) is 4.79 Å². The van der Waals surface area contributed by atoms with Crippen molar-refractivity contribution in [2.75, 3.05) is 38.1 Å². The number of thioether (sulfide) groups is 1. The number of para-hydroxylation sites is 1. The van der Waals surface area contributed by atoms with Crippen molar-refractivity contribution in [1.29, 1.82) is 10.5 Å². The van der Waals surface area contributed by atoms with Crippen LogP contribution in [0.25, 0.3) is 11.1 Å². The van der Waals surface area contributed by atoms with Crippen LogP contribution < -0.4 is 30.2 Å².